The Bertz CT molecular complexity index is 670. The fourth-order valence-corrected chi connectivity index (χ4v) is 4.06. The summed E-state index contributed by atoms with van der Waals surface area (Å²) >= 11 is 0. The number of piperazine rings is 1. The van der Waals surface area contributed by atoms with E-state index in [0.29, 0.717) is 6.04 Å². The number of hydrogen-bond acceptors (Lipinski definition) is 5. The lowest BCUT2D eigenvalue weighted by molar-refractivity contribution is 0.0874. The molecule has 0 aliphatic carbocycles. The number of anilines is 1. The summed E-state index contributed by atoms with van der Waals surface area (Å²) < 4.78 is 18.9. The Kier molecular flexibility index (Phi) is 4.99. The fraction of sp³-hybridized carbons (Fsp3) is 0.526. The van der Waals surface area contributed by atoms with Crippen LogP contribution in [0.25, 0.3) is 0 Å². The molecule has 25 heavy (non-hydrogen) atoms. The first-order chi connectivity index (χ1) is 12.3. The third-order valence-corrected chi connectivity index (χ3v) is 5.38. The predicted octanol–water partition coefficient (Wildman–Crippen LogP) is 2.60. The van der Waals surface area contributed by atoms with Crippen molar-refractivity contribution in [2.75, 3.05) is 44.2 Å². The van der Waals surface area contributed by atoms with Crippen LogP contribution in [0.2, 0.25) is 0 Å². The van der Waals surface area contributed by atoms with Gasteiger partial charge in [0.05, 0.1) is 11.4 Å². The van der Waals surface area contributed by atoms with E-state index in [1.807, 2.05) is 18.2 Å². The number of piperidine rings is 1. The molecule has 2 aliphatic heterocycles. The minimum atomic E-state index is -0.118. The van der Waals surface area contributed by atoms with Gasteiger partial charge in [-0.1, -0.05) is 17.3 Å². The Morgan fingerprint density at radius 2 is 1.92 bits per heavy atom. The molecule has 2 aliphatic rings. The molecule has 4 rings (SSSR count). The molecule has 0 spiro atoms. The smallest absolute Gasteiger partial charge is 0.146 e. The number of benzene rings is 1. The van der Waals surface area contributed by atoms with Gasteiger partial charge in [-0.2, -0.15) is 0 Å². The maximum atomic E-state index is 14.0. The predicted molar refractivity (Wildman–Crippen MR) is 95.0 cm³/mol. The average molecular weight is 344 g/mol. The Morgan fingerprint density at radius 3 is 2.68 bits per heavy atom. The van der Waals surface area contributed by atoms with Gasteiger partial charge >= 0.3 is 0 Å². The first-order valence-corrected chi connectivity index (χ1v) is 9.15. The molecule has 0 N–H and O–H groups in total. The van der Waals surface area contributed by atoms with Crippen molar-refractivity contribution in [3.8, 4) is 0 Å². The van der Waals surface area contributed by atoms with Crippen LogP contribution < -0.4 is 4.90 Å². The number of halogens is 1. The van der Waals surface area contributed by atoms with Gasteiger partial charge < -0.3 is 9.42 Å². The molecule has 0 amide bonds. The number of hydrogen-bond donors (Lipinski definition) is 0. The van der Waals surface area contributed by atoms with Gasteiger partial charge in [0.15, 0.2) is 0 Å². The van der Waals surface area contributed by atoms with E-state index < -0.39 is 0 Å². The van der Waals surface area contributed by atoms with E-state index in [4.69, 9.17) is 4.52 Å². The van der Waals surface area contributed by atoms with Crippen LogP contribution in [0.15, 0.2) is 41.1 Å². The van der Waals surface area contributed by atoms with Gasteiger partial charge in [0.25, 0.3) is 0 Å². The van der Waals surface area contributed by atoms with Crippen molar-refractivity contribution in [3.63, 3.8) is 0 Å². The van der Waals surface area contributed by atoms with Crippen molar-refractivity contribution in [1.29, 1.82) is 0 Å². The van der Waals surface area contributed by atoms with E-state index in [1.54, 1.807) is 18.4 Å². The van der Waals surface area contributed by atoms with Crippen LogP contribution >= 0.6 is 0 Å². The van der Waals surface area contributed by atoms with Crippen LogP contribution in [0.4, 0.5) is 10.1 Å². The van der Waals surface area contributed by atoms with Gasteiger partial charge in [-0.05, 0) is 31.5 Å². The molecule has 0 bridgehead atoms. The van der Waals surface area contributed by atoms with E-state index in [1.165, 1.54) is 12.8 Å². The van der Waals surface area contributed by atoms with Crippen LogP contribution in [-0.2, 0) is 6.54 Å². The SMILES string of the molecule is Fc1ccccc1N1CCN(C2CCCN(Cc3ccon3)C2)CC1. The molecule has 5 nitrogen and oxygen atoms in total. The van der Waals surface area contributed by atoms with Crippen molar-refractivity contribution in [3.05, 3.63) is 48.1 Å². The van der Waals surface area contributed by atoms with E-state index in [-0.39, 0.29) is 5.82 Å². The van der Waals surface area contributed by atoms with Gasteiger partial charge in [-0.3, -0.25) is 9.80 Å². The summed E-state index contributed by atoms with van der Waals surface area (Å²) in [6.07, 6.45) is 4.10. The van der Waals surface area contributed by atoms with Gasteiger partial charge in [-0.15, -0.1) is 0 Å². The molecule has 2 saturated heterocycles. The lowest BCUT2D eigenvalue weighted by atomic mass is 10.0. The maximum Gasteiger partial charge on any atom is 0.146 e. The molecule has 0 radical (unpaired) electrons. The summed E-state index contributed by atoms with van der Waals surface area (Å²) in [5.74, 6) is -0.118. The number of aromatic nitrogens is 1. The molecule has 1 unspecified atom stereocenters. The van der Waals surface area contributed by atoms with Gasteiger partial charge in [0.2, 0.25) is 0 Å². The highest BCUT2D eigenvalue weighted by Crippen LogP contribution is 2.23. The summed E-state index contributed by atoms with van der Waals surface area (Å²) in [4.78, 5) is 7.21. The first kappa shape index (κ1) is 16.5. The fourth-order valence-electron chi connectivity index (χ4n) is 4.06. The molecular weight excluding hydrogens is 319 g/mol. The molecule has 134 valence electrons. The minimum absolute atomic E-state index is 0.118. The molecule has 1 atom stereocenters. The van der Waals surface area contributed by atoms with Crippen molar-refractivity contribution in [1.82, 2.24) is 15.0 Å². The first-order valence-electron chi connectivity index (χ1n) is 9.15. The van der Waals surface area contributed by atoms with Gasteiger partial charge in [-0.25, -0.2) is 4.39 Å². The number of para-hydroxylation sites is 1. The Balaban J connectivity index is 1.32. The molecule has 0 saturated carbocycles. The normalized spacial score (nSPS) is 23.1. The lowest BCUT2D eigenvalue weighted by Gasteiger charge is -2.43. The van der Waals surface area contributed by atoms with Crippen LogP contribution in [0.1, 0.15) is 18.5 Å². The zero-order valence-electron chi connectivity index (χ0n) is 14.5. The number of nitrogens with zero attached hydrogens (tertiary/aromatic N) is 4. The summed E-state index contributed by atoms with van der Waals surface area (Å²) in [6.45, 7) is 6.84. The highest BCUT2D eigenvalue weighted by atomic mass is 19.1. The van der Waals surface area contributed by atoms with E-state index in [9.17, 15) is 4.39 Å². The standard InChI is InChI=1S/C19H25FN4O/c20-18-5-1-2-6-19(18)24-11-9-23(10-12-24)17-4-3-8-22(15-17)14-16-7-13-25-21-16/h1-2,5-7,13,17H,3-4,8-12,14-15H2. The third kappa shape index (κ3) is 3.85. The zero-order chi connectivity index (χ0) is 17.1. The Labute approximate surface area is 148 Å². The summed E-state index contributed by atoms with van der Waals surface area (Å²) in [6, 6.07) is 9.62. The zero-order valence-corrected chi connectivity index (χ0v) is 14.5. The van der Waals surface area contributed by atoms with Crippen LogP contribution in [0, 0.1) is 5.82 Å². The quantitative estimate of drug-likeness (QED) is 0.852. The van der Waals surface area contributed by atoms with Gasteiger partial charge in [0.1, 0.15) is 12.1 Å². The highest BCUT2D eigenvalue weighted by Gasteiger charge is 2.28. The Hall–Kier alpha value is -1.92. The Morgan fingerprint density at radius 1 is 1.08 bits per heavy atom. The maximum absolute atomic E-state index is 14.0. The largest absolute Gasteiger partial charge is 0.367 e. The summed E-state index contributed by atoms with van der Waals surface area (Å²) in [5, 5.41) is 4.03. The van der Waals surface area contributed by atoms with E-state index in [0.717, 1.165) is 57.2 Å². The molecule has 1 aromatic heterocycles. The summed E-state index contributed by atoms with van der Waals surface area (Å²) in [5.41, 5.74) is 1.74. The molecule has 2 fully saturated rings. The molecular formula is C19H25FN4O. The van der Waals surface area contributed by atoms with E-state index >= 15 is 0 Å². The van der Waals surface area contributed by atoms with Crippen LogP contribution in [0.3, 0.4) is 0 Å². The van der Waals surface area contributed by atoms with Crippen molar-refractivity contribution < 1.29 is 8.91 Å². The second-order valence-corrected chi connectivity index (χ2v) is 7.00. The van der Waals surface area contributed by atoms with E-state index in [2.05, 4.69) is 19.9 Å². The molecule has 3 heterocycles. The second-order valence-electron chi connectivity index (χ2n) is 7.00. The molecule has 6 heteroatoms. The number of rotatable bonds is 4. The molecule has 1 aromatic carbocycles. The molecule has 2 aromatic rings. The highest BCUT2D eigenvalue weighted by molar-refractivity contribution is 5.48. The second kappa shape index (κ2) is 7.54. The number of likely N-dealkylation sites (tertiary alicyclic amines) is 1. The van der Waals surface area contributed by atoms with Crippen molar-refractivity contribution >= 4 is 5.69 Å². The van der Waals surface area contributed by atoms with Crippen molar-refractivity contribution in [2.24, 2.45) is 0 Å². The van der Waals surface area contributed by atoms with Crippen LogP contribution in [-0.4, -0.2) is 60.3 Å². The average Bonchev–Trinajstić information content (AvgIpc) is 3.16. The van der Waals surface area contributed by atoms with Gasteiger partial charge in [0, 0.05) is 51.4 Å². The topological polar surface area (TPSA) is 35.8 Å². The monoisotopic (exact) mass is 344 g/mol. The minimum Gasteiger partial charge on any atom is -0.367 e. The third-order valence-electron chi connectivity index (χ3n) is 5.38. The lowest BCUT2D eigenvalue weighted by Crippen LogP contribution is -2.55. The van der Waals surface area contributed by atoms with Crippen molar-refractivity contribution in [2.45, 2.75) is 25.4 Å². The van der Waals surface area contributed by atoms with Crippen LogP contribution in [0.5, 0.6) is 0 Å². The summed E-state index contributed by atoms with van der Waals surface area (Å²) in [7, 11) is 0.